The minimum absolute atomic E-state index is 0.0876. The fourth-order valence-electron chi connectivity index (χ4n) is 1.98. The van der Waals surface area contributed by atoms with Gasteiger partial charge in [0.2, 0.25) is 0 Å². The number of allylic oxidation sites excluding steroid dienone is 2. The van der Waals surface area contributed by atoms with E-state index < -0.39 is 25.0 Å². The minimum Gasteiger partial charge on any atom is -0.365 e. The number of anilines is 1. The van der Waals surface area contributed by atoms with Crippen molar-refractivity contribution in [1.82, 2.24) is 15.2 Å². The van der Waals surface area contributed by atoms with E-state index in [1.807, 2.05) is 0 Å². The Morgan fingerprint density at radius 3 is 2.67 bits per heavy atom. The highest BCUT2D eigenvalue weighted by atomic mass is 19.4. The fraction of sp³-hybridized carbons (Fsp3) is 0.333. The zero-order valence-corrected chi connectivity index (χ0v) is 11.2. The van der Waals surface area contributed by atoms with Gasteiger partial charge in [-0.2, -0.15) is 18.3 Å². The number of primary amides is 1. The third-order valence-electron chi connectivity index (χ3n) is 2.84. The Labute approximate surface area is 118 Å². The molecule has 21 heavy (non-hydrogen) atoms. The number of amides is 1. The van der Waals surface area contributed by atoms with E-state index in [4.69, 9.17) is 5.73 Å². The van der Waals surface area contributed by atoms with Crippen LogP contribution in [0.25, 0.3) is 0 Å². The van der Waals surface area contributed by atoms with Gasteiger partial charge in [0.25, 0.3) is 5.91 Å². The van der Waals surface area contributed by atoms with Gasteiger partial charge in [-0.1, -0.05) is 0 Å². The summed E-state index contributed by atoms with van der Waals surface area (Å²) in [6.45, 7) is 1.12. The first-order valence-corrected chi connectivity index (χ1v) is 6.12. The Morgan fingerprint density at radius 2 is 2.14 bits per heavy atom. The normalized spacial score (nSPS) is 14.4. The van der Waals surface area contributed by atoms with E-state index in [0.29, 0.717) is 0 Å². The maximum atomic E-state index is 12.4. The minimum atomic E-state index is -4.31. The van der Waals surface area contributed by atoms with Crippen LogP contribution in [0, 0.1) is 6.92 Å². The van der Waals surface area contributed by atoms with Crippen LogP contribution in [-0.4, -0.2) is 21.9 Å². The Bertz CT molecular complexity index is 603. The van der Waals surface area contributed by atoms with Gasteiger partial charge in [0, 0.05) is 12.4 Å². The molecular weight excluding hydrogens is 287 g/mol. The molecule has 6 nitrogen and oxygen atoms in total. The third-order valence-corrected chi connectivity index (χ3v) is 2.84. The molecule has 1 aromatic heterocycles. The lowest BCUT2D eigenvalue weighted by Gasteiger charge is -2.24. The van der Waals surface area contributed by atoms with Gasteiger partial charge in [-0.3, -0.25) is 4.79 Å². The Hall–Kier alpha value is -2.45. The van der Waals surface area contributed by atoms with Crippen molar-refractivity contribution in [3.05, 3.63) is 35.8 Å². The van der Waals surface area contributed by atoms with E-state index in [0.717, 1.165) is 4.68 Å². The third kappa shape index (κ3) is 3.36. The monoisotopic (exact) mass is 301 g/mol. The van der Waals surface area contributed by atoms with Gasteiger partial charge in [0.15, 0.2) is 5.82 Å². The molecule has 0 aliphatic carbocycles. The molecule has 2 heterocycles. The SMILES string of the molecule is Cc1nn(CCC(F)(F)F)c(N2C=CC=CN2)c1C(N)=O. The molecule has 0 unspecified atom stereocenters. The average Bonchev–Trinajstić information content (AvgIpc) is 2.73. The number of hydrogen-bond acceptors (Lipinski definition) is 4. The number of halogens is 3. The number of carbonyl (C=O) groups is 1. The molecule has 9 heteroatoms. The largest absolute Gasteiger partial charge is 0.390 e. The van der Waals surface area contributed by atoms with Crippen LogP contribution in [0.4, 0.5) is 19.0 Å². The molecular formula is C12H14F3N5O. The van der Waals surface area contributed by atoms with Crippen molar-refractivity contribution >= 4 is 11.7 Å². The van der Waals surface area contributed by atoms with Gasteiger partial charge in [-0.05, 0) is 19.1 Å². The summed E-state index contributed by atoms with van der Waals surface area (Å²) in [5.41, 5.74) is 8.47. The molecule has 0 saturated heterocycles. The van der Waals surface area contributed by atoms with Crippen molar-refractivity contribution in [1.29, 1.82) is 0 Å². The highest BCUT2D eigenvalue weighted by Gasteiger charge is 2.30. The molecule has 0 fully saturated rings. The summed E-state index contributed by atoms with van der Waals surface area (Å²) in [5.74, 6) is -0.560. The predicted octanol–water partition coefficient (Wildman–Crippen LogP) is 1.59. The number of rotatable bonds is 4. The molecule has 0 atom stereocenters. The topological polar surface area (TPSA) is 76.2 Å². The molecule has 114 valence electrons. The maximum absolute atomic E-state index is 12.4. The lowest BCUT2D eigenvalue weighted by Crippen LogP contribution is -2.34. The number of nitrogens with one attached hydrogen (secondary N) is 1. The zero-order valence-electron chi connectivity index (χ0n) is 11.2. The summed E-state index contributed by atoms with van der Waals surface area (Å²) in [4.78, 5) is 11.5. The molecule has 3 N–H and O–H groups in total. The quantitative estimate of drug-likeness (QED) is 0.885. The van der Waals surface area contributed by atoms with Crippen LogP contribution in [0.2, 0.25) is 0 Å². The second-order valence-electron chi connectivity index (χ2n) is 4.44. The van der Waals surface area contributed by atoms with Crippen molar-refractivity contribution in [3.8, 4) is 0 Å². The summed E-state index contributed by atoms with van der Waals surface area (Å²) in [6, 6.07) is 0. The Balaban J connectivity index is 2.40. The molecule has 0 aromatic carbocycles. The summed E-state index contributed by atoms with van der Waals surface area (Å²) < 4.78 is 38.3. The molecule has 0 radical (unpaired) electrons. The number of nitrogens with zero attached hydrogens (tertiary/aromatic N) is 3. The Morgan fingerprint density at radius 1 is 1.43 bits per heavy atom. The van der Waals surface area contributed by atoms with Gasteiger partial charge in [0.1, 0.15) is 5.56 Å². The van der Waals surface area contributed by atoms with Crippen LogP contribution in [0.1, 0.15) is 22.5 Å². The van der Waals surface area contributed by atoms with Crippen molar-refractivity contribution < 1.29 is 18.0 Å². The van der Waals surface area contributed by atoms with Crippen molar-refractivity contribution in [2.45, 2.75) is 26.1 Å². The van der Waals surface area contributed by atoms with Crippen molar-refractivity contribution in [3.63, 3.8) is 0 Å². The first kappa shape index (κ1) is 14.9. The summed E-state index contributed by atoms with van der Waals surface area (Å²) in [5, 5.41) is 5.39. The second kappa shape index (κ2) is 5.51. The molecule has 1 aliphatic heterocycles. The van der Waals surface area contributed by atoms with Gasteiger partial charge in [-0.15, -0.1) is 0 Å². The first-order valence-electron chi connectivity index (χ1n) is 6.12. The van der Waals surface area contributed by atoms with E-state index in [2.05, 4.69) is 10.5 Å². The van der Waals surface area contributed by atoms with Gasteiger partial charge in [0.05, 0.1) is 18.7 Å². The zero-order chi connectivity index (χ0) is 15.6. The number of alkyl halides is 3. The lowest BCUT2D eigenvalue weighted by molar-refractivity contribution is -0.137. The van der Waals surface area contributed by atoms with Gasteiger partial charge in [-0.25, -0.2) is 9.69 Å². The Kier molecular flexibility index (Phi) is 3.92. The highest BCUT2D eigenvalue weighted by molar-refractivity contribution is 5.99. The van der Waals surface area contributed by atoms with Gasteiger partial charge < -0.3 is 11.2 Å². The molecule has 1 aliphatic rings. The van der Waals surface area contributed by atoms with E-state index in [9.17, 15) is 18.0 Å². The average molecular weight is 301 g/mol. The number of hydrazine groups is 1. The van der Waals surface area contributed by atoms with Crippen LogP contribution in [-0.2, 0) is 6.54 Å². The molecule has 1 aromatic rings. The van der Waals surface area contributed by atoms with Crippen LogP contribution < -0.4 is 16.2 Å². The molecule has 0 saturated carbocycles. The van der Waals surface area contributed by atoms with Crippen molar-refractivity contribution in [2.75, 3.05) is 5.01 Å². The molecule has 0 bridgehead atoms. The van der Waals surface area contributed by atoms with E-state index in [1.165, 1.54) is 11.9 Å². The number of hydrogen-bond donors (Lipinski definition) is 2. The number of nitrogens with two attached hydrogens (primary N) is 1. The molecule has 2 rings (SSSR count). The van der Waals surface area contributed by atoms with Crippen LogP contribution in [0.3, 0.4) is 0 Å². The van der Waals surface area contributed by atoms with E-state index >= 15 is 0 Å². The smallest absolute Gasteiger partial charge is 0.365 e. The highest BCUT2D eigenvalue weighted by Crippen LogP contribution is 2.27. The maximum Gasteiger partial charge on any atom is 0.390 e. The second-order valence-corrected chi connectivity index (χ2v) is 4.44. The van der Waals surface area contributed by atoms with E-state index in [1.54, 1.807) is 24.6 Å². The summed E-state index contributed by atoms with van der Waals surface area (Å²) in [6.07, 6.45) is 1.14. The van der Waals surface area contributed by atoms with Crippen LogP contribution in [0.15, 0.2) is 24.6 Å². The van der Waals surface area contributed by atoms with E-state index in [-0.39, 0.29) is 17.1 Å². The summed E-state index contributed by atoms with van der Waals surface area (Å²) >= 11 is 0. The predicted molar refractivity (Wildman–Crippen MR) is 70.0 cm³/mol. The summed E-state index contributed by atoms with van der Waals surface area (Å²) in [7, 11) is 0. The first-order chi connectivity index (χ1) is 9.79. The molecule has 1 amide bonds. The van der Waals surface area contributed by atoms with Gasteiger partial charge >= 0.3 is 6.18 Å². The fourth-order valence-corrected chi connectivity index (χ4v) is 1.98. The number of carbonyl (C=O) groups excluding carboxylic acids is 1. The van der Waals surface area contributed by atoms with Crippen LogP contribution in [0.5, 0.6) is 0 Å². The standard InChI is InChI=1S/C12H14F3N5O/c1-8-9(10(16)21)11(19-6-3-2-5-17-19)20(18-8)7-4-12(13,14)15/h2-3,5-6,17H,4,7H2,1H3,(H2,16,21). The van der Waals surface area contributed by atoms with Crippen molar-refractivity contribution in [2.24, 2.45) is 5.73 Å². The number of aryl methyl sites for hydroxylation is 2. The van der Waals surface area contributed by atoms with Crippen LogP contribution >= 0.6 is 0 Å². The lowest BCUT2D eigenvalue weighted by atomic mass is 10.2. The number of aromatic nitrogens is 2. The molecule has 0 spiro atoms.